The largest absolute Gasteiger partial charge is 0.312 e. The average Bonchev–Trinajstić information content (AvgIpc) is 3.17. The summed E-state index contributed by atoms with van der Waals surface area (Å²) in [5.41, 5.74) is 1.82. The highest BCUT2D eigenvalue weighted by Crippen LogP contribution is 2.51. The van der Waals surface area contributed by atoms with E-state index >= 15 is 0 Å². The molecule has 1 unspecified atom stereocenters. The molecule has 1 heteroatoms. The molecule has 1 aromatic carbocycles. The van der Waals surface area contributed by atoms with Crippen LogP contribution in [0.5, 0.6) is 0 Å². The van der Waals surface area contributed by atoms with Crippen LogP contribution in [0.15, 0.2) is 30.3 Å². The molecule has 1 nitrogen and oxygen atoms in total. The van der Waals surface area contributed by atoms with Crippen molar-refractivity contribution < 1.29 is 0 Å². The molecule has 0 spiro atoms. The zero-order chi connectivity index (χ0) is 12.1. The van der Waals surface area contributed by atoms with Crippen molar-refractivity contribution in [1.29, 1.82) is 0 Å². The van der Waals surface area contributed by atoms with E-state index in [2.05, 4.69) is 54.4 Å². The number of hydrogen-bond acceptors (Lipinski definition) is 1. The van der Waals surface area contributed by atoms with Crippen LogP contribution in [0.25, 0.3) is 0 Å². The van der Waals surface area contributed by atoms with Gasteiger partial charge in [-0.2, -0.15) is 0 Å². The van der Waals surface area contributed by atoms with Crippen LogP contribution in [0.4, 0.5) is 0 Å². The summed E-state index contributed by atoms with van der Waals surface area (Å²) in [6.07, 6.45) is 3.54. The molecule has 0 aliphatic heterocycles. The van der Waals surface area contributed by atoms with Gasteiger partial charge in [0.2, 0.25) is 0 Å². The van der Waals surface area contributed by atoms with E-state index in [1.54, 1.807) is 0 Å². The van der Waals surface area contributed by atoms with Crippen LogP contribution in [-0.4, -0.2) is 12.6 Å². The number of rotatable bonds is 5. The van der Waals surface area contributed by atoms with E-state index in [0.29, 0.717) is 11.5 Å². The van der Waals surface area contributed by atoms with Crippen molar-refractivity contribution in [3.05, 3.63) is 35.9 Å². The molecule has 2 rings (SSSR count). The van der Waals surface area contributed by atoms with Crippen molar-refractivity contribution in [2.75, 3.05) is 6.54 Å². The lowest BCUT2D eigenvalue weighted by Gasteiger charge is -2.26. The first kappa shape index (κ1) is 12.2. The predicted octanol–water partition coefficient (Wildman–Crippen LogP) is 3.11. The van der Waals surface area contributed by atoms with Gasteiger partial charge in [0.1, 0.15) is 0 Å². The van der Waals surface area contributed by atoms with E-state index < -0.39 is 0 Å². The number of hydrogen-bond donors (Lipinski definition) is 1. The first-order chi connectivity index (χ1) is 8.33. The summed E-state index contributed by atoms with van der Waals surface area (Å²) in [6, 6.07) is 11.4. The van der Waals surface area contributed by atoms with Crippen LogP contribution < -0.4 is 5.32 Å². The zero-order valence-electron chi connectivity index (χ0n) is 10.8. The molecule has 1 fully saturated rings. The lowest BCUT2D eigenvalue weighted by molar-refractivity contribution is 0.431. The second-order valence-electron chi connectivity index (χ2n) is 4.76. The number of likely N-dealkylation sites (N-methyl/N-ethyl adjacent to an activating group) is 1. The fourth-order valence-electron chi connectivity index (χ4n) is 2.66. The number of nitrogens with one attached hydrogen (secondary N) is 1. The van der Waals surface area contributed by atoms with Gasteiger partial charge in [0, 0.05) is 17.9 Å². The van der Waals surface area contributed by atoms with Gasteiger partial charge in [0.15, 0.2) is 0 Å². The lowest BCUT2D eigenvalue weighted by atomic mass is 9.86. The summed E-state index contributed by atoms with van der Waals surface area (Å²) in [7, 11) is 0. The van der Waals surface area contributed by atoms with E-state index in [9.17, 15) is 0 Å². The van der Waals surface area contributed by atoms with Crippen LogP contribution in [0.3, 0.4) is 0 Å². The van der Waals surface area contributed by atoms with Crippen molar-refractivity contribution in [2.45, 2.75) is 44.6 Å². The van der Waals surface area contributed by atoms with Crippen LogP contribution in [-0.2, 0) is 5.41 Å². The first-order valence-corrected chi connectivity index (χ1v) is 6.52. The molecular weight excluding hydrogens is 206 g/mol. The fraction of sp³-hybridized carbons (Fsp3) is 0.500. The van der Waals surface area contributed by atoms with E-state index in [1.165, 1.54) is 18.4 Å². The standard InChI is InChI=1S/C16H21N/c1-3-5-11-15(17-4-2)16(12-13-16)14-9-7-6-8-10-14/h6-10,15,17H,4,11-13H2,1-2H3. The monoisotopic (exact) mass is 227 g/mol. The molecule has 0 aromatic heterocycles. The van der Waals surface area contributed by atoms with Gasteiger partial charge in [-0.3, -0.25) is 0 Å². The SMILES string of the molecule is CC#CCC(NCC)C1(c2ccccc2)CC1. The molecule has 0 radical (unpaired) electrons. The Labute approximate surface area is 105 Å². The predicted molar refractivity (Wildman–Crippen MR) is 72.9 cm³/mol. The molecule has 17 heavy (non-hydrogen) atoms. The van der Waals surface area contributed by atoms with Gasteiger partial charge in [0.25, 0.3) is 0 Å². The molecule has 0 amide bonds. The summed E-state index contributed by atoms with van der Waals surface area (Å²) < 4.78 is 0. The minimum absolute atomic E-state index is 0.348. The van der Waals surface area contributed by atoms with E-state index in [1.807, 2.05) is 6.92 Å². The average molecular weight is 227 g/mol. The van der Waals surface area contributed by atoms with Crippen LogP contribution in [0.2, 0.25) is 0 Å². The Hall–Kier alpha value is -1.26. The molecular formula is C16H21N. The van der Waals surface area contributed by atoms with E-state index in [-0.39, 0.29) is 0 Å². The molecule has 0 heterocycles. The molecule has 0 bridgehead atoms. The van der Waals surface area contributed by atoms with E-state index in [4.69, 9.17) is 0 Å². The van der Waals surface area contributed by atoms with Gasteiger partial charge in [0.05, 0.1) is 0 Å². The zero-order valence-corrected chi connectivity index (χ0v) is 10.8. The van der Waals surface area contributed by atoms with Gasteiger partial charge in [-0.1, -0.05) is 37.3 Å². The van der Waals surface area contributed by atoms with Crippen molar-refractivity contribution in [2.24, 2.45) is 0 Å². The first-order valence-electron chi connectivity index (χ1n) is 6.52. The molecule has 90 valence electrons. The molecule has 1 atom stereocenters. The molecule has 1 aliphatic carbocycles. The molecule has 1 aliphatic rings. The van der Waals surface area contributed by atoms with Gasteiger partial charge in [-0.15, -0.1) is 11.8 Å². The summed E-state index contributed by atoms with van der Waals surface area (Å²) in [5.74, 6) is 6.25. The molecule has 1 saturated carbocycles. The van der Waals surface area contributed by atoms with Crippen molar-refractivity contribution in [3.8, 4) is 11.8 Å². The molecule has 1 N–H and O–H groups in total. The summed E-state index contributed by atoms with van der Waals surface area (Å²) in [5, 5.41) is 3.62. The minimum Gasteiger partial charge on any atom is -0.312 e. The molecule has 0 saturated heterocycles. The fourth-order valence-corrected chi connectivity index (χ4v) is 2.66. The van der Waals surface area contributed by atoms with Crippen molar-refractivity contribution >= 4 is 0 Å². The smallest absolute Gasteiger partial charge is 0.0273 e. The van der Waals surface area contributed by atoms with Crippen molar-refractivity contribution in [1.82, 2.24) is 5.32 Å². The normalized spacial score (nSPS) is 18.0. The van der Waals surface area contributed by atoms with E-state index in [0.717, 1.165) is 13.0 Å². The maximum atomic E-state index is 3.62. The highest BCUT2D eigenvalue weighted by Gasteiger charge is 2.49. The van der Waals surface area contributed by atoms with Gasteiger partial charge in [-0.05, 0) is 31.9 Å². The summed E-state index contributed by atoms with van der Waals surface area (Å²) in [4.78, 5) is 0. The Kier molecular flexibility index (Phi) is 3.86. The minimum atomic E-state index is 0.348. The van der Waals surface area contributed by atoms with Gasteiger partial charge >= 0.3 is 0 Å². The topological polar surface area (TPSA) is 12.0 Å². The highest BCUT2D eigenvalue weighted by atomic mass is 14.9. The Balaban J connectivity index is 2.19. The number of benzene rings is 1. The maximum absolute atomic E-state index is 3.62. The van der Waals surface area contributed by atoms with Gasteiger partial charge < -0.3 is 5.32 Å². The Morgan fingerprint density at radius 3 is 2.53 bits per heavy atom. The Bertz CT molecular complexity index is 406. The third-order valence-corrected chi connectivity index (χ3v) is 3.74. The quantitative estimate of drug-likeness (QED) is 0.762. The third-order valence-electron chi connectivity index (χ3n) is 3.74. The summed E-state index contributed by atoms with van der Waals surface area (Å²) >= 11 is 0. The third kappa shape index (κ3) is 2.53. The van der Waals surface area contributed by atoms with Crippen molar-refractivity contribution in [3.63, 3.8) is 0 Å². The summed E-state index contributed by atoms with van der Waals surface area (Å²) in [6.45, 7) is 5.11. The highest BCUT2D eigenvalue weighted by molar-refractivity contribution is 5.34. The molecule has 1 aromatic rings. The van der Waals surface area contributed by atoms with Gasteiger partial charge in [-0.25, -0.2) is 0 Å². The second-order valence-corrected chi connectivity index (χ2v) is 4.76. The lowest BCUT2D eigenvalue weighted by Crippen LogP contribution is -2.39. The van der Waals surface area contributed by atoms with Crippen LogP contribution in [0.1, 0.15) is 38.7 Å². The Morgan fingerprint density at radius 1 is 1.29 bits per heavy atom. The Morgan fingerprint density at radius 2 is 2.00 bits per heavy atom. The second kappa shape index (κ2) is 5.38. The van der Waals surface area contributed by atoms with Crippen LogP contribution in [0, 0.1) is 11.8 Å². The van der Waals surface area contributed by atoms with Crippen LogP contribution >= 0.6 is 0 Å². The maximum Gasteiger partial charge on any atom is 0.0273 e.